The normalized spacial score (nSPS) is 36.9. The highest BCUT2D eigenvalue weighted by Gasteiger charge is 2.60. The average Bonchev–Trinajstić information content (AvgIpc) is 3.43. The van der Waals surface area contributed by atoms with E-state index in [9.17, 15) is 0 Å². The molecule has 29 heavy (non-hydrogen) atoms. The summed E-state index contributed by atoms with van der Waals surface area (Å²) >= 11 is 0. The molecule has 0 spiro atoms. The molecule has 0 nitrogen and oxygen atoms in total. The molecule has 5 atom stereocenters. The first kappa shape index (κ1) is 19.9. The lowest BCUT2D eigenvalue weighted by atomic mass is 9.53. The van der Waals surface area contributed by atoms with Gasteiger partial charge in [-0.1, -0.05) is 74.9 Å². The van der Waals surface area contributed by atoms with Gasteiger partial charge in [0.15, 0.2) is 0 Å². The van der Waals surface area contributed by atoms with E-state index in [1.54, 1.807) is 18.4 Å². The number of fused-ring (bicyclic) bond motifs is 3. The van der Waals surface area contributed by atoms with Gasteiger partial charge >= 0.3 is 0 Å². The largest absolute Gasteiger partial charge is 0.103 e. The first-order chi connectivity index (χ1) is 14.4. The third kappa shape index (κ3) is 3.34. The fourth-order valence-electron chi connectivity index (χ4n) is 9.16. The van der Waals surface area contributed by atoms with Crippen LogP contribution in [0.5, 0.6) is 0 Å². The highest BCUT2D eigenvalue weighted by atomic mass is 14.6. The Labute approximate surface area is 179 Å². The van der Waals surface area contributed by atoms with Gasteiger partial charge in [0.25, 0.3) is 0 Å². The molecule has 4 saturated carbocycles. The van der Waals surface area contributed by atoms with Crippen molar-refractivity contribution < 1.29 is 0 Å². The number of hydrogen-bond donors (Lipinski definition) is 0. The van der Waals surface area contributed by atoms with Crippen LogP contribution in [0, 0.1) is 35.5 Å². The van der Waals surface area contributed by atoms with Gasteiger partial charge in [0.2, 0.25) is 0 Å². The molecule has 4 fully saturated rings. The summed E-state index contributed by atoms with van der Waals surface area (Å²) in [4.78, 5) is 0. The SMILES string of the molecule is C=CCC[C@](c1ccccc1)(C1CCCC1)C1C2CCCCC2C2CCCCC21. The Kier molecular flexibility index (Phi) is 5.90. The first-order valence-corrected chi connectivity index (χ1v) is 13.0. The van der Waals surface area contributed by atoms with Gasteiger partial charge in [-0.05, 0) is 92.4 Å². The summed E-state index contributed by atoms with van der Waals surface area (Å²) in [5.74, 6) is 5.94. The fraction of sp³-hybridized carbons (Fsp3) is 0.724. The van der Waals surface area contributed by atoms with Crippen LogP contribution in [0.4, 0.5) is 0 Å². The van der Waals surface area contributed by atoms with E-state index in [1.165, 1.54) is 77.0 Å². The second-order valence-corrected chi connectivity index (χ2v) is 11.0. The van der Waals surface area contributed by atoms with E-state index in [0.717, 1.165) is 35.5 Å². The molecule has 0 heteroatoms. The maximum atomic E-state index is 4.17. The molecule has 0 heterocycles. The lowest BCUT2D eigenvalue weighted by Crippen LogP contribution is -2.47. The van der Waals surface area contributed by atoms with Crippen molar-refractivity contribution in [2.24, 2.45) is 35.5 Å². The predicted molar refractivity (Wildman–Crippen MR) is 124 cm³/mol. The van der Waals surface area contributed by atoms with Gasteiger partial charge in [-0.2, -0.15) is 0 Å². The van der Waals surface area contributed by atoms with Crippen LogP contribution >= 0.6 is 0 Å². The average molecular weight is 391 g/mol. The van der Waals surface area contributed by atoms with Gasteiger partial charge in [-0.25, -0.2) is 0 Å². The standard InChI is InChI=1S/C29H42/c1-2-3-21-29(23-15-7-8-16-23,22-13-5-4-6-14-22)28-26-19-11-9-17-24(26)25-18-10-12-20-27(25)28/h2,4-6,13-14,23-28H,1,3,7-12,15-21H2/t24?,25?,26?,27?,28?,29-/m0/s1. The molecule has 4 unspecified atom stereocenters. The number of hydrogen-bond acceptors (Lipinski definition) is 0. The molecule has 0 aliphatic heterocycles. The lowest BCUT2D eigenvalue weighted by Gasteiger charge is -2.51. The van der Waals surface area contributed by atoms with Gasteiger partial charge in [0.1, 0.15) is 0 Å². The van der Waals surface area contributed by atoms with Crippen LogP contribution in [0.1, 0.15) is 95.5 Å². The van der Waals surface area contributed by atoms with Gasteiger partial charge in [-0.15, -0.1) is 6.58 Å². The van der Waals surface area contributed by atoms with Crippen molar-refractivity contribution in [3.05, 3.63) is 48.6 Å². The molecule has 158 valence electrons. The maximum absolute atomic E-state index is 4.17. The quantitative estimate of drug-likeness (QED) is 0.428. The number of rotatable bonds is 6. The summed E-state index contributed by atoms with van der Waals surface area (Å²) in [7, 11) is 0. The summed E-state index contributed by atoms with van der Waals surface area (Å²) in [5.41, 5.74) is 2.11. The second-order valence-electron chi connectivity index (χ2n) is 11.0. The van der Waals surface area contributed by atoms with E-state index in [0.29, 0.717) is 5.41 Å². The molecular weight excluding hydrogens is 348 g/mol. The van der Waals surface area contributed by atoms with Crippen LogP contribution in [0.15, 0.2) is 43.0 Å². The van der Waals surface area contributed by atoms with Crippen LogP contribution in [-0.4, -0.2) is 0 Å². The van der Waals surface area contributed by atoms with Crippen LogP contribution in [-0.2, 0) is 5.41 Å². The van der Waals surface area contributed by atoms with E-state index < -0.39 is 0 Å². The molecule has 0 saturated heterocycles. The zero-order chi connectivity index (χ0) is 19.7. The van der Waals surface area contributed by atoms with Gasteiger partial charge in [-0.3, -0.25) is 0 Å². The van der Waals surface area contributed by atoms with Crippen LogP contribution < -0.4 is 0 Å². The van der Waals surface area contributed by atoms with Crippen molar-refractivity contribution in [2.75, 3.05) is 0 Å². The molecular formula is C29H42. The first-order valence-electron chi connectivity index (χ1n) is 13.0. The topological polar surface area (TPSA) is 0 Å². The zero-order valence-electron chi connectivity index (χ0n) is 18.5. The highest BCUT2D eigenvalue weighted by molar-refractivity contribution is 5.31. The summed E-state index contributed by atoms with van der Waals surface area (Å²) in [6, 6.07) is 11.9. The van der Waals surface area contributed by atoms with Crippen molar-refractivity contribution in [3.8, 4) is 0 Å². The Hall–Kier alpha value is -1.04. The van der Waals surface area contributed by atoms with Crippen molar-refractivity contribution >= 4 is 0 Å². The lowest BCUT2D eigenvalue weighted by molar-refractivity contribution is 0.0602. The van der Waals surface area contributed by atoms with E-state index in [2.05, 4.69) is 43.0 Å². The monoisotopic (exact) mass is 390 g/mol. The number of benzene rings is 1. The Morgan fingerprint density at radius 2 is 1.24 bits per heavy atom. The van der Waals surface area contributed by atoms with Crippen LogP contribution in [0.2, 0.25) is 0 Å². The molecule has 1 aromatic carbocycles. The maximum Gasteiger partial charge on any atom is 0.00179 e. The summed E-state index contributed by atoms with van der Waals surface area (Å²) in [6.07, 6.45) is 22.8. The Morgan fingerprint density at radius 1 is 0.724 bits per heavy atom. The minimum atomic E-state index is 0.406. The zero-order valence-corrected chi connectivity index (χ0v) is 18.5. The van der Waals surface area contributed by atoms with Gasteiger partial charge in [0, 0.05) is 5.41 Å². The van der Waals surface area contributed by atoms with Gasteiger partial charge in [0.05, 0.1) is 0 Å². The minimum Gasteiger partial charge on any atom is -0.103 e. The molecule has 5 rings (SSSR count). The summed E-state index contributed by atoms with van der Waals surface area (Å²) < 4.78 is 0. The van der Waals surface area contributed by atoms with Crippen molar-refractivity contribution in [1.29, 1.82) is 0 Å². The van der Waals surface area contributed by atoms with Crippen LogP contribution in [0.3, 0.4) is 0 Å². The predicted octanol–water partition coefficient (Wildman–Crippen LogP) is 8.32. The molecule has 4 aliphatic rings. The molecule has 0 radical (unpaired) electrons. The minimum absolute atomic E-state index is 0.406. The van der Waals surface area contributed by atoms with E-state index in [1.807, 2.05) is 0 Å². The third-order valence-corrected chi connectivity index (χ3v) is 9.97. The van der Waals surface area contributed by atoms with Crippen molar-refractivity contribution in [3.63, 3.8) is 0 Å². The molecule has 0 N–H and O–H groups in total. The second kappa shape index (κ2) is 8.60. The highest BCUT2D eigenvalue weighted by Crippen LogP contribution is 2.66. The number of allylic oxidation sites excluding steroid dienone is 1. The van der Waals surface area contributed by atoms with E-state index in [-0.39, 0.29) is 0 Å². The molecule has 4 aliphatic carbocycles. The van der Waals surface area contributed by atoms with E-state index in [4.69, 9.17) is 0 Å². The van der Waals surface area contributed by atoms with E-state index >= 15 is 0 Å². The third-order valence-electron chi connectivity index (χ3n) is 9.97. The Bertz CT molecular complexity index is 647. The Morgan fingerprint density at radius 3 is 1.79 bits per heavy atom. The molecule has 1 aromatic rings. The van der Waals surface area contributed by atoms with Gasteiger partial charge < -0.3 is 0 Å². The molecule has 0 aromatic heterocycles. The molecule has 0 bridgehead atoms. The van der Waals surface area contributed by atoms with Crippen molar-refractivity contribution in [2.45, 2.75) is 95.3 Å². The summed E-state index contributed by atoms with van der Waals surface area (Å²) in [5, 5.41) is 0. The fourth-order valence-corrected chi connectivity index (χ4v) is 9.16. The molecule has 0 amide bonds. The smallest absolute Gasteiger partial charge is 0.00179 e. The van der Waals surface area contributed by atoms with Crippen LogP contribution in [0.25, 0.3) is 0 Å². The van der Waals surface area contributed by atoms with Crippen molar-refractivity contribution in [1.82, 2.24) is 0 Å². The Balaban J connectivity index is 1.65. The summed E-state index contributed by atoms with van der Waals surface area (Å²) in [6.45, 7) is 4.17.